The summed E-state index contributed by atoms with van der Waals surface area (Å²) in [4.78, 5) is 28.8. The molecule has 0 aliphatic heterocycles. The van der Waals surface area contributed by atoms with E-state index in [9.17, 15) is 22.4 Å². The number of hydrogen-bond acceptors (Lipinski definition) is 6. The maximum absolute atomic E-state index is 14.1. The third-order valence-corrected chi connectivity index (χ3v) is 8.78. The fourth-order valence-corrected chi connectivity index (χ4v) is 5.88. The zero-order chi connectivity index (χ0) is 31.6. The summed E-state index contributed by atoms with van der Waals surface area (Å²) in [6.45, 7) is 7.24. The lowest BCUT2D eigenvalue weighted by Crippen LogP contribution is -2.53. The number of nitrogens with one attached hydrogen (secondary N) is 1. The summed E-state index contributed by atoms with van der Waals surface area (Å²) in [5.41, 5.74) is 0.798. The van der Waals surface area contributed by atoms with Gasteiger partial charge in [-0.05, 0) is 92.9 Å². The van der Waals surface area contributed by atoms with Crippen molar-refractivity contribution in [2.24, 2.45) is 0 Å². The maximum Gasteiger partial charge on any atom is 0.264 e. The lowest BCUT2D eigenvalue weighted by atomic mass is 10.1. The molecule has 0 unspecified atom stereocenters. The van der Waals surface area contributed by atoms with E-state index in [0.29, 0.717) is 36.5 Å². The van der Waals surface area contributed by atoms with Gasteiger partial charge in [-0.3, -0.25) is 13.9 Å². The topological polar surface area (TPSA) is 105 Å². The van der Waals surface area contributed by atoms with Crippen LogP contribution in [0.1, 0.15) is 46.1 Å². The molecule has 3 aromatic rings. The molecular weight excluding hydrogens is 573 g/mol. The quantitative estimate of drug-likeness (QED) is 0.254. The average molecular weight is 614 g/mol. The van der Waals surface area contributed by atoms with Crippen LogP contribution in [0.2, 0.25) is 0 Å². The van der Waals surface area contributed by atoms with Crippen LogP contribution in [0.15, 0.2) is 77.7 Å². The van der Waals surface area contributed by atoms with E-state index in [1.807, 2.05) is 20.8 Å². The number of halogens is 1. The molecule has 0 saturated carbocycles. The number of sulfonamides is 1. The molecule has 11 heteroatoms. The summed E-state index contributed by atoms with van der Waals surface area (Å²) in [6, 6.07) is 16.8. The van der Waals surface area contributed by atoms with E-state index >= 15 is 0 Å². The molecule has 0 aromatic heterocycles. The molecule has 43 heavy (non-hydrogen) atoms. The van der Waals surface area contributed by atoms with Gasteiger partial charge in [-0.2, -0.15) is 0 Å². The lowest BCUT2D eigenvalue weighted by molar-refractivity contribution is -0.140. The summed E-state index contributed by atoms with van der Waals surface area (Å²) in [7, 11) is -2.77. The number of anilines is 1. The fourth-order valence-electron chi connectivity index (χ4n) is 4.47. The number of amides is 2. The Balaban J connectivity index is 2.06. The summed E-state index contributed by atoms with van der Waals surface area (Å²) < 4.78 is 53.5. The van der Waals surface area contributed by atoms with Crippen LogP contribution in [0, 0.1) is 5.82 Å². The normalized spacial score (nSPS) is 12.6. The van der Waals surface area contributed by atoms with Crippen molar-refractivity contribution in [1.82, 2.24) is 10.2 Å². The van der Waals surface area contributed by atoms with Crippen molar-refractivity contribution >= 4 is 27.5 Å². The number of benzene rings is 3. The largest absolute Gasteiger partial charge is 0.497 e. The molecular formula is C32H40FN3O6S. The first-order valence-corrected chi connectivity index (χ1v) is 15.7. The second kappa shape index (κ2) is 15.4. The van der Waals surface area contributed by atoms with Crippen LogP contribution in [0.4, 0.5) is 10.1 Å². The van der Waals surface area contributed by atoms with E-state index in [1.165, 1.54) is 48.4 Å². The highest BCUT2D eigenvalue weighted by molar-refractivity contribution is 7.92. The zero-order valence-electron chi connectivity index (χ0n) is 25.2. The van der Waals surface area contributed by atoms with Crippen LogP contribution in [-0.4, -0.2) is 57.5 Å². The second-order valence-corrected chi connectivity index (χ2v) is 11.9. The third-order valence-electron chi connectivity index (χ3n) is 6.99. The van der Waals surface area contributed by atoms with Crippen molar-refractivity contribution in [2.45, 2.75) is 64.1 Å². The SMILES string of the molecule is CCOc1ccc(S(=O)(=O)N(CC(=O)N(Cc2cccc(OC)c2)[C@H](CC)C(=O)N[C@@H](C)CC)c2ccc(F)cc2)cc1. The molecule has 0 aliphatic carbocycles. The molecule has 1 N–H and O–H groups in total. The van der Waals surface area contributed by atoms with Crippen molar-refractivity contribution in [1.29, 1.82) is 0 Å². The number of carbonyl (C=O) groups is 2. The highest BCUT2D eigenvalue weighted by Crippen LogP contribution is 2.27. The van der Waals surface area contributed by atoms with Crippen molar-refractivity contribution < 1.29 is 31.9 Å². The minimum absolute atomic E-state index is 0.0306. The Morgan fingerprint density at radius 3 is 2.19 bits per heavy atom. The fraction of sp³-hybridized carbons (Fsp3) is 0.375. The molecule has 0 saturated heterocycles. The molecule has 232 valence electrons. The minimum Gasteiger partial charge on any atom is -0.497 e. The minimum atomic E-state index is -4.30. The molecule has 0 aliphatic rings. The first kappa shape index (κ1) is 33.4. The van der Waals surface area contributed by atoms with Gasteiger partial charge in [0.2, 0.25) is 11.8 Å². The first-order chi connectivity index (χ1) is 20.5. The molecule has 3 rings (SSSR count). The highest BCUT2D eigenvalue weighted by atomic mass is 32.2. The lowest BCUT2D eigenvalue weighted by Gasteiger charge is -2.33. The van der Waals surface area contributed by atoms with E-state index < -0.39 is 34.3 Å². The first-order valence-electron chi connectivity index (χ1n) is 14.3. The molecule has 0 fully saturated rings. The summed E-state index contributed by atoms with van der Waals surface area (Å²) >= 11 is 0. The standard InChI is InChI=1S/C32H40FN3O6S/c1-6-23(4)34-32(38)30(7-2)35(21-24-10-9-11-28(20-24)41-5)31(37)22-36(26-14-12-25(33)13-15-26)43(39,40)29-18-16-27(17-19-29)42-8-3/h9-20,23,30H,6-8,21-22H2,1-5H3,(H,34,38)/t23-,30+/m0/s1. The van der Waals surface area contributed by atoms with E-state index in [-0.39, 0.29) is 29.1 Å². The van der Waals surface area contributed by atoms with Gasteiger partial charge in [-0.15, -0.1) is 0 Å². The Kier molecular flexibility index (Phi) is 11.9. The Labute approximate surface area is 253 Å². The second-order valence-electron chi connectivity index (χ2n) is 10.0. The van der Waals surface area contributed by atoms with E-state index in [1.54, 1.807) is 31.2 Å². The van der Waals surface area contributed by atoms with Crippen molar-refractivity contribution in [2.75, 3.05) is 24.6 Å². The molecule has 0 heterocycles. The molecule has 0 bridgehead atoms. The summed E-state index contributed by atoms with van der Waals surface area (Å²) in [5.74, 6) is -0.425. The van der Waals surface area contributed by atoms with Gasteiger partial charge in [-0.25, -0.2) is 12.8 Å². The van der Waals surface area contributed by atoms with Gasteiger partial charge < -0.3 is 19.7 Å². The van der Waals surface area contributed by atoms with Crippen LogP contribution in [0.25, 0.3) is 0 Å². The predicted octanol–water partition coefficient (Wildman–Crippen LogP) is 5.15. The molecule has 9 nitrogen and oxygen atoms in total. The van der Waals surface area contributed by atoms with Gasteiger partial charge in [0.1, 0.15) is 29.9 Å². The predicted molar refractivity (Wildman–Crippen MR) is 164 cm³/mol. The summed E-state index contributed by atoms with van der Waals surface area (Å²) in [6.07, 6.45) is 0.991. The van der Waals surface area contributed by atoms with Crippen LogP contribution in [-0.2, 0) is 26.2 Å². The van der Waals surface area contributed by atoms with E-state index in [0.717, 1.165) is 16.4 Å². The number of carbonyl (C=O) groups excluding carboxylic acids is 2. The number of rotatable bonds is 15. The van der Waals surface area contributed by atoms with Crippen LogP contribution in [0.5, 0.6) is 11.5 Å². The van der Waals surface area contributed by atoms with E-state index in [4.69, 9.17) is 9.47 Å². The van der Waals surface area contributed by atoms with Crippen LogP contribution < -0.4 is 19.1 Å². The monoisotopic (exact) mass is 613 g/mol. The van der Waals surface area contributed by atoms with Crippen molar-refractivity contribution in [3.63, 3.8) is 0 Å². The third kappa shape index (κ3) is 8.70. The Morgan fingerprint density at radius 2 is 1.60 bits per heavy atom. The van der Waals surface area contributed by atoms with Gasteiger partial charge in [0, 0.05) is 12.6 Å². The molecule has 3 aromatic carbocycles. The molecule has 2 amide bonds. The smallest absolute Gasteiger partial charge is 0.264 e. The van der Waals surface area contributed by atoms with Gasteiger partial charge in [0.05, 0.1) is 24.3 Å². The van der Waals surface area contributed by atoms with E-state index in [2.05, 4.69) is 5.32 Å². The average Bonchev–Trinajstić information content (AvgIpc) is 3.00. The Bertz CT molecular complexity index is 1470. The number of ether oxygens (including phenoxy) is 2. The van der Waals surface area contributed by atoms with Gasteiger partial charge in [0.15, 0.2) is 0 Å². The molecule has 2 atom stereocenters. The molecule has 0 radical (unpaired) electrons. The number of methoxy groups -OCH3 is 1. The Hall–Kier alpha value is -4.12. The number of nitrogens with zero attached hydrogens (tertiary/aromatic N) is 2. The number of hydrogen-bond donors (Lipinski definition) is 1. The highest BCUT2D eigenvalue weighted by Gasteiger charge is 2.34. The summed E-state index contributed by atoms with van der Waals surface area (Å²) in [5, 5.41) is 2.94. The van der Waals surface area contributed by atoms with Crippen molar-refractivity contribution in [3.05, 3.63) is 84.2 Å². The Morgan fingerprint density at radius 1 is 0.930 bits per heavy atom. The molecule has 0 spiro atoms. The van der Waals surface area contributed by atoms with Gasteiger partial charge in [0.25, 0.3) is 10.0 Å². The van der Waals surface area contributed by atoms with Crippen LogP contribution in [0.3, 0.4) is 0 Å². The van der Waals surface area contributed by atoms with Gasteiger partial charge in [-0.1, -0.05) is 26.0 Å². The van der Waals surface area contributed by atoms with Crippen LogP contribution >= 0.6 is 0 Å². The van der Waals surface area contributed by atoms with Crippen molar-refractivity contribution in [3.8, 4) is 11.5 Å². The zero-order valence-corrected chi connectivity index (χ0v) is 26.1. The maximum atomic E-state index is 14.1. The van der Waals surface area contributed by atoms with Gasteiger partial charge >= 0.3 is 0 Å².